The molecule has 0 aliphatic carbocycles. The first-order valence-corrected chi connectivity index (χ1v) is 8.76. The first kappa shape index (κ1) is 17.0. The molecule has 9 nitrogen and oxygen atoms in total. The van der Waals surface area contributed by atoms with Gasteiger partial charge < -0.3 is 5.32 Å². The molecule has 138 valence electrons. The van der Waals surface area contributed by atoms with E-state index >= 15 is 0 Å². The number of para-hydroxylation sites is 1. The van der Waals surface area contributed by atoms with Crippen molar-refractivity contribution in [3.8, 4) is 0 Å². The highest BCUT2D eigenvalue weighted by atomic mass is 16.2. The van der Waals surface area contributed by atoms with E-state index in [1.165, 1.54) is 0 Å². The van der Waals surface area contributed by atoms with E-state index in [4.69, 9.17) is 0 Å². The van der Waals surface area contributed by atoms with E-state index in [1.54, 1.807) is 21.8 Å². The molecule has 0 aliphatic heterocycles. The van der Waals surface area contributed by atoms with Gasteiger partial charge in [-0.25, -0.2) is 4.68 Å². The predicted octanol–water partition coefficient (Wildman–Crippen LogP) is 1.84. The van der Waals surface area contributed by atoms with Crippen molar-refractivity contribution >= 4 is 22.6 Å². The Morgan fingerprint density at radius 3 is 2.81 bits per heavy atom. The Bertz CT molecular complexity index is 1090. The molecule has 4 rings (SSSR count). The fraction of sp³-hybridized carbons (Fsp3) is 0.278. The van der Waals surface area contributed by atoms with E-state index in [1.807, 2.05) is 42.1 Å². The van der Waals surface area contributed by atoms with Crippen LogP contribution in [0.1, 0.15) is 18.2 Å². The van der Waals surface area contributed by atoms with Gasteiger partial charge in [-0.05, 0) is 26.0 Å². The second-order valence-electron chi connectivity index (χ2n) is 6.28. The number of carbonyl (C=O) groups excluding carboxylic acids is 1. The van der Waals surface area contributed by atoms with Crippen molar-refractivity contribution in [3.05, 3.63) is 54.1 Å². The van der Waals surface area contributed by atoms with Gasteiger partial charge >= 0.3 is 0 Å². The zero-order valence-corrected chi connectivity index (χ0v) is 15.2. The number of amides is 1. The quantitative estimate of drug-likeness (QED) is 0.563. The average molecular weight is 364 g/mol. The SMILES string of the molecule is CCn1ncc(Cn2cc(NC(=O)Cn3nnc4ccccc43)cn2)c1C. The van der Waals surface area contributed by atoms with Crippen LogP contribution in [0.15, 0.2) is 42.9 Å². The lowest BCUT2D eigenvalue weighted by Crippen LogP contribution is -2.19. The van der Waals surface area contributed by atoms with E-state index in [0.717, 1.165) is 28.8 Å². The molecule has 1 N–H and O–H groups in total. The highest BCUT2D eigenvalue weighted by Gasteiger charge is 2.11. The van der Waals surface area contributed by atoms with Crippen LogP contribution in [0.4, 0.5) is 5.69 Å². The lowest BCUT2D eigenvalue weighted by atomic mass is 10.2. The van der Waals surface area contributed by atoms with Crippen LogP contribution in [-0.2, 0) is 24.4 Å². The summed E-state index contributed by atoms with van der Waals surface area (Å²) in [7, 11) is 0. The second kappa shape index (κ2) is 7.02. The van der Waals surface area contributed by atoms with Crippen LogP contribution in [0, 0.1) is 6.92 Å². The smallest absolute Gasteiger partial charge is 0.246 e. The third-order valence-electron chi connectivity index (χ3n) is 4.47. The molecule has 1 amide bonds. The zero-order valence-electron chi connectivity index (χ0n) is 15.2. The molecular formula is C18H20N8O. The summed E-state index contributed by atoms with van der Waals surface area (Å²) in [4.78, 5) is 12.3. The van der Waals surface area contributed by atoms with Gasteiger partial charge in [0.1, 0.15) is 12.1 Å². The number of hydrogen-bond donors (Lipinski definition) is 1. The minimum atomic E-state index is -0.180. The summed E-state index contributed by atoms with van der Waals surface area (Å²) in [6.07, 6.45) is 5.30. The minimum Gasteiger partial charge on any atom is -0.322 e. The Balaban J connectivity index is 1.41. The first-order valence-electron chi connectivity index (χ1n) is 8.76. The molecule has 3 heterocycles. The van der Waals surface area contributed by atoms with E-state index in [2.05, 4.69) is 32.7 Å². The third-order valence-corrected chi connectivity index (χ3v) is 4.47. The topological polar surface area (TPSA) is 95.5 Å². The Hall–Kier alpha value is -3.49. The molecule has 0 saturated heterocycles. The summed E-state index contributed by atoms with van der Waals surface area (Å²) >= 11 is 0. The van der Waals surface area contributed by atoms with Crippen LogP contribution in [0.2, 0.25) is 0 Å². The van der Waals surface area contributed by atoms with Crippen molar-refractivity contribution in [3.63, 3.8) is 0 Å². The molecule has 0 unspecified atom stereocenters. The zero-order chi connectivity index (χ0) is 18.8. The number of anilines is 1. The Kier molecular flexibility index (Phi) is 4.41. The van der Waals surface area contributed by atoms with Crippen molar-refractivity contribution in [2.24, 2.45) is 0 Å². The van der Waals surface area contributed by atoms with E-state index in [9.17, 15) is 4.79 Å². The van der Waals surface area contributed by atoms with E-state index in [-0.39, 0.29) is 12.5 Å². The van der Waals surface area contributed by atoms with E-state index in [0.29, 0.717) is 12.2 Å². The summed E-state index contributed by atoms with van der Waals surface area (Å²) in [5.74, 6) is -0.180. The van der Waals surface area contributed by atoms with Crippen LogP contribution < -0.4 is 5.32 Å². The van der Waals surface area contributed by atoms with Gasteiger partial charge in [-0.3, -0.25) is 14.2 Å². The number of nitrogens with zero attached hydrogens (tertiary/aromatic N) is 7. The summed E-state index contributed by atoms with van der Waals surface area (Å²) < 4.78 is 5.31. The van der Waals surface area contributed by atoms with Crippen molar-refractivity contribution in [1.82, 2.24) is 34.6 Å². The molecule has 1 aromatic carbocycles. The summed E-state index contributed by atoms with van der Waals surface area (Å²) in [5, 5.41) is 19.6. The number of aromatic nitrogens is 7. The number of benzene rings is 1. The van der Waals surface area contributed by atoms with Crippen LogP contribution in [0.5, 0.6) is 0 Å². The monoisotopic (exact) mass is 364 g/mol. The van der Waals surface area contributed by atoms with Crippen molar-refractivity contribution in [1.29, 1.82) is 0 Å². The fourth-order valence-electron chi connectivity index (χ4n) is 3.02. The van der Waals surface area contributed by atoms with Gasteiger partial charge in [0.05, 0.1) is 30.1 Å². The molecular weight excluding hydrogens is 344 g/mol. The Morgan fingerprint density at radius 2 is 2.00 bits per heavy atom. The molecule has 3 aromatic heterocycles. The van der Waals surface area contributed by atoms with Gasteiger partial charge in [0.25, 0.3) is 0 Å². The number of nitrogens with one attached hydrogen (secondary N) is 1. The molecule has 0 fully saturated rings. The van der Waals surface area contributed by atoms with Crippen molar-refractivity contribution in [2.75, 3.05) is 5.32 Å². The number of hydrogen-bond acceptors (Lipinski definition) is 5. The lowest BCUT2D eigenvalue weighted by Gasteiger charge is -2.04. The van der Waals surface area contributed by atoms with Crippen LogP contribution >= 0.6 is 0 Å². The number of aryl methyl sites for hydroxylation is 1. The molecule has 0 atom stereocenters. The Labute approximate surface area is 155 Å². The van der Waals surface area contributed by atoms with Crippen LogP contribution in [-0.4, -0.2) is 40.5 Å². The predicted molar refractivity (Wildman–Crippen MR) is 100 cm³/mol. The van der Waals surface area contributed by atoms with Crippen LogP contribution in [0.3, 0.4) is 0 Å². The maximum Gasteiger partial charge on any atom is 0.246 e. The molecule has 0 bridgehead atoms. The summed E-state index contributed by atoms with van der Waals surface area (Å²) in [6, 6.07) is 7.54. The van der Waals surface area contributed by atoms with Gasteiger partial charge in [0.2, 0.25) is 5.91 Å². The second-order valence-corrected chi connectivity index (χ2v) is 6.28. The highest BCUT2D eigenvalue weighted by molar-refractivity contribution is 5.91. The largest absolute Gasteiger partial charge is 0.322 e. The number of fused-ring (bicyclic) bond motifs is 1. The first-order chi connectivity index (χ1) is 13.1. The molecule has 0 aliphatic rings. The van der Waals surface area contributed by atoms with Crippen molar-refractivity contribution in [2.45, 2.75) is 33.5 Å². The van der Waals surface area contributed by atoms with Crippen molar-refractivity contribution < 1.29 is 4.79 Å². The molecule has 0 saturated carbocycles. The van der Waals surface area contributed by atoms with E-state index < -0.39 is 0 Å². The van der Waals surface area contributed by atoms with Gasteiger partial charge in [-0.1, -0.05) is 17.3 Å². The lowest BCUT2D eigenvalue weighted by molar-refractivity contribution is -0.116. The third kappa shape index (κ3) is 3.43. The molecule has 0 radical (unpaired) electrons. The van der Waals surface area contributed by atoms with Gasteiger partial charge in [0.15, 0.2) is 0 Å². The van der Waals surface area contributed by atoms with Gasteiger partial charge in [0, 0.05) is 24.0 Å². The Morgan fingerprint density at radius 1 is 1.15 bits per heavy atom. The number of carbonyl (C=O) groups is 1. The summed E-state index contributed by atoms with van der Waals surface area (Å²) in [5.41, 5.74) is 4.46. The van der Waals surface area contributed by atoms with Gasteiger partial charge in [-0.15, -0.1) is 5.10 Å². The maximum absolute atomic E-state index is 12.3. The molecule has 0 spiro atoms. The highest BCUT2D eigenvalue weighted by Crippen LogP contribution is 2.13. The van der Waals surface area contributed by atoms with Gasteiger partial charge in [-0.2, -0.15) is 10.2 Å². The normalized spacial score (nSPS) is 11.2. The standard InChI is InChI=1S/C18H20N8O/c1-3-25-13(2)14(8-20-25)10-24-11-15(9-19-24)21-18(27)12-26-17-7-5-4-6-16(17)22-23-26/h4-9,11H,3,10,12H2,1-2H3,(H,21,27). The van der Waals surface area contributed by atoms with Crippen LogP contribution in [0.25, 0.3) is 11.0 Å². The minimum absolute atomic E-state index is 0.0913. The molecule has 4 aromatic rings. The maximum atomic E-state index is 12.3. The fourth-order valence-corrected chi connectivity index (χ4v) is 3.02. The average Bonchev–Trinajstić information content (AvgIpc) is 3.36. The molecule has 9 heteroatoms. The molecule has 27 heavy (non-hydrogen) atoms. The number of rotatable bonds is 6. The summed E-state index contributed by atoms with van der Waals surface area (Å²) in [6.45, 7) is 5.64.